The normalized spacial score (nSPS) is 7.33. The summed E-state index contributed by atoms with van der Waals surface area (Å²) in [7, 11) is 0. The van der Waals surface area contributed by atoms with Crippen LogP contribution in [0.3, 0.4) is 0 Å². The average Bonchev–Trinajstić information content (AvgIpc) is 1.69. The van der Waals surface area contributed by atoms with Gasteiger partial charge in [-0.25, -0.2) is 0 Å². The molecule has 0 bridgehead atoms. The van der Waals surface area contributed by atoms with Crippen molar-refractivity contribution in [2.24, 2.45) is 11.5 Å². The van der Waals surface area contributed by atoms with Crippen LogP contribution in [0.2, 0.25) is 0 Å². The molecule has 0 aliphatic rings. The minimum Gasteiger partial charge on any atom is -0.329 e. The topological polar surface area (TPSA) is 64.1 Å². The second-order valence-electron chi connectivity index (χ2n) is 1.33. The quantitative estimate of drug-likeness (QED) is 0.352. The number of hydrogen-bond donors (Lipinski definition) is 3. The molecule has 0 saturated carbocycles. The second-order valence-corrected chi connectivity index (χ2v) is 1.33. The maximum atomic E-state index is 5.17. The van der Waals surface area contributed by atoms with Gasteiger partial charge in [-0.2, -0.15) is 0 Å². The molecule has 0 aliphatic heterocycles. The number of hydrogen-bond acceptors (Lipinski definition) is 3. The van der Waals surface area contributed by atoms with E-state index in [1.54, 1.807) is 0 Å². The number of rotatable bonds is 4. The third-order valence-corrected chi connectivity index (χ3v) is 0.642. The SMILES string of the molecule is NCCNCCN.[Fe].[Na]. The van der Waals surface area contributed by atoms with Gasteiger partial charge in [0.05, 0.1) is 0 Å². The zero-order chi connectivity index (χ0) is 5.54. The fraction of sp³-hybridized carbons (Fsp3) is 1.00. The van der Waals surface area contributed by atoms with Gasteiger partial charge in [0.1, 0.15) is 0 Å². The third-order valence-electron chi connectivity index (χ3n) is 0.642. The van der Waals surface area contributed by atoms with E-state index in [4.69, 9.17) is 11.5 Å². The van der Waals surface area contributed by atoms with Crippen LogP contribution in [0.5, 0.6) is 0 Å². The van der Waals surface area contributed by atoms with Crippen molar-refractivity contribution in [1.82, 2.24) is 5.32 Å². The largest absolute Gasteiger partial charge is 0.329 e. The molecule has 1 radical (unpaired) electrons. The first-order valence-electron chi connectivity index (χ1n) is 2.52. The minimum absolute atomic E-state index is 0. The Balaban J connectivity index is -0.000000180. The van der Waals surface area contributed by atoms with E-state index in [0.29, 0.717) is 13.1 Å². The van der Waals surface area contributed by atoms with E-state index in [-0.39, 0.29) is 46.6 Å². The van der Waals surface area contributed by atoms with Crippen molar-refractivity contribution in [3.05, 3.63) is 0 Å². The van der Waals surface area contributed by atoms with Gasteiger partial charge in [0, 0.05) is 72.8 Å². The van der Waals surface area contributed by atoms with Gasteiger partial charge in [-0.15, -0.1) is 0 Å². The van der Waals surface area contributed by atoms with Crippen LogP contribution in [0.15, 0.2) is 0 Å². The number of nitrogens with two attached hydrogens (primary N) is 2. The molecule has 0 aliphatic carbocycles. The summed E-state index contributed by atoms with van der Waals surface area (Å²) >= 11 is 0. The van der Waals surface area contributed by atoms with Gasteiger partial charge in [-0.05, 0) is 0 Å². The molecule has 5 heteroatoms. The molecule has 5 N–H and O–H groups in total. The Morgan fingerprint density at radius 1 is 1.00 bits per heavy atom. The predicted octanol–water partition coefficient (Wildman–Crippen LogP) is -1.89. The molecule has 0 amide bonds. The second kappa shape index (κ2) is 16.2. The van der Waals surface area contributed by atoms with Gasteiger partial charge in [0.15, 0.2) is 0 Å². The first-order chi connectivity index (χ1) is 3.41. The van der Waals surface area contributed by atoms with E-state index in [0.717, 1.165) is 13.1 Å². The standard InChI is InChI=1S/C4H13N3.Fe.Na/c5-1-3-7-4-2-6;;/h7H,1-6H2;;. The number of nitrogens with one attached hydrogen (secondary N) is 1. The summed E-state index contributed by atoms with van der Waals surface area (Å²) in [6.45, 7) is 3.13. The first-order valence-corrected chi connectivity index (χ1v) is 2.52. The molecule has 0 saturated heterocycles. The molecule has 0 heterocycles. The van der Waals surface area contributed by atoms with Crippen LogP contribution < -0.4 is 16.8 Å². The molecule has 0 aromatic rings. The average molecular weight is 182 g/mol. The summed E-state index contributed by atoms with van der Waals surface area (Å²) in [6, 6.07) is 0. The Morgan fingerprint density at radius 3 is 1.56 bits per heavy atom. The fourth-order valence-corrected chi connectivity index (χ4v) is 0.329. The Bertz CT molecular complexity index is 35.0. The van der Waals surface area contributed by atoms with E-state index in [2.05, 4.69) is 5.32 Å². The van der Waals surface area contributed by atoms with Gasteiger partial charge < -0.3 is 16.8 Å². The van der Waals surface area contributed by atoms with Gasteiger partial charge >= 0.3 is 0 Å². The molecule has 0 aromatic heterocycles. The summed E-state index contributed by atoms with van der Waals surface area (Å²) in [5.41, 5.74) is 10.3. The Kier molecular flexibility index (Phi) is 30.2. The van der Waals surface area contributed by atoms with Crippen LogP contribution in [0.1, 0.15) is 0 Å². The zero-order valence-corrected chi connectivity index (χ0v) is 8.94. The van der Waals surface area contributed by atoms with Gasteiger partial charge in [-0.1, -0.05) is 0 Å². The van der Waals surface area contributed by atoms with Crippen LogP contribution in [0.4, 0.5) is 0 Å². The predicted molar refractivity (Wildman–Crippen MR) is 36.7 cm³/mol. The molecule has 3 nitrogen and oxygen atoms in total. The van der Waals surface area contributed by atoms with Crippen LogP contribution >= 0.6 is 0 Å². The van der Waals surface area contributed by atoms with E-state index < -0.39 is 0 Å². The summed E-state index contributed by atoms with van der Waals surface area (Å²) in [6.07, 6.45) is 0. The van der Waals surface area contributed by atoms with Gasteiger partial charge in [-0.3, -0.25) is 0 Å². The molecule has 0 unspecified atom stereocenters. The van der Waals surface area contributed by atoms with E-state index >= 15 is 0 Å². The maximum Gasteiger partial charge on any atom is 0.00750 e. The van der Waals surface area contributed by atoms with Crippen LogP contribution in [0.25, 0.3) is 0 Å². The molecule has 9 heavy (non-hydrogen) atoms. The summed E-state index contributed by atoms with van der Waals surface area (Å²) < 4.78 is 0. The summed E-state index contributed by atoms with van der Waals surface area (Å²) in [5, 5.41) is 3.03. The Hall–Kier alpha value is 1.40. The van der Waals surface area contributed by atoms with Crippen molar-refractivity contribution in [2.75, 3.05) is 26.2 Å². The molecular weight excluding hydrogens is 169 g/mol. The fourth-order valence-electron chi connectivity index (χ4n) is 0.329. The minimum atomic E-state index is 0. The van der Waals surface area contributed by atoms with E-state index in [1.165, 1.54) is 0 Å². The molecule has 0 aromatic carbocycles. The Morgan fingerprint density at radius 2 is 1.33 bits per heavy atom. The van der Waals surface area contributed by atoms with Crippen LogP contribution in [0, 0.1) is 0 Å². The first kappa shape index (κ1) is 16.8. The Labute approximate surface area is 89.1 Å². The molecule has 53 valence electrons. The van der Waals surface area contributed by atoms with Crippen LogP contribution in [-0.2, 0) is 17.1 Å². The molecule has 0 fully saturated rings. The third kappa shape index (κ3) is 17.7. The van der Waals surface area contributed by atoms with E-state index in [9.17, 15) is 0 Å². The van der Waals surface area contributed by atoms with Crippen LogP contribution in [-0.4, -0.2) is 55.7 Å². The smallest absolute Gasteiger partial charge is 0.00750 e. The van der Waals surface area contributed by atoms with Gasteiger partial charge in [0.25, 0.3) is 0 Å². The van der Waals surface area contributed by atoms with Crippen molar-refractivity contribution in [3.8, 4) is 0 Å². The van der Waals surface area contributed by atoms with Crippen molar-refractivity contribution >= 4 is 29.6 Å². The summed E-state index contributed by atoms with van der Waals surface area (Å²) in [5.74, 6) is 0. The van der Waals surface area contributed by atoms with Crippen molar-refractivity contribution in [1.29, 1.82) is 0 Å². The molecular formula is C4H13FeN3Na. The molecule has 0 atom stereocenters. The zero-order valence-electron chi connectivity index (χ0n) is 5.84. The summed E-state index contributed by atoms with van der Waals surface area (Å²) in [4.78, 5) is 0. The van der Waals surface area contributed by atoms with Gasteiger partial charge in [0.2, 0.25) is 0 Å². The van der Waals surface area contributed by atoms with E-state index in [1.807, 2.05) is 0 Å². The monoisotopic (exact) mass is 182 g/mol. The maximum absolute atomic E-state index is 5.17. The van der Waals surface area contributed by atoms with Crippen molar-refractivity contribution in [2.45, 2.75) is 0 Å². The van der Waals surface area contributed by atoms with Crippen molar-refractivity contribution in [3.63, 3.8) is 0 Å². The molecule has 0 rings (SSSR count). The molecule has 0 spiro atoms. The van der Waals surface area contributed by atoms with Crippen molar-refractivity contribution < 1.29 is 17.1 Å².